The molecule has 0 spiro atoms. The summed E-state index contributed by atoms with van der Waals surface area (Å²) in [6, 6.07) is 13.4. The molecule has 0 saturated heterocycles. The summed E-state index contributed by atoms with van der Waals surface area (Å²) in [7, 11) is -3.55. The number of ether oxygens (including phenoxy) is 1. The van der Waals surface area contributed by atoms with Crippen molar-refractivity contribution in [1.29, 1.82) is 0 Å². The molecule has 0 aliphatic heterocycles. The summed E-state index contributed by atoms with van der Waals surface area (Å²) in [4.78, 5) is 13.2. The zero-order valence-corrected chi connectivity index (χ0v) is 17.2. The van der Waals surface area contributed by atoms with E-state index in [9.17, 15) is 13.2 Å². The summed E-state index contributed by atoms with van der Waals surface area (Å²) in [5.41, 5.74) is 0.702. The van der Waals surface area contributed by atoms with Crippen LogP contribution in [0.5, 0.6) is 5.75 Å². The van der Waals surface area contributed by atoms with Gasteiger partial charge in [-0.05, 0) is 62.1 Å². The monoisotopic (exact) mass is 408 g/mol. The van der Waals surface area contributed by atoms with Crippen molar-refractivity contribution >= 4 is 33.4 Å². The van der Waals surface area contributed by atoms with E-state index in [-0.39, 0.29) is 23.5 Å². The first kappa shape index (κ1) is 21.3. The molecule has 8 heteroatoms. The number of benzene rings is 2. The molecule has 27 heavy (non-hydrogen) atoms. The number of hydrogen-bond donors (Lipinski definition) is 2. The second-order valence-corrected chi connectivity index (χ2v) is 8.56. The van der Waals surface area contributed by atoms with Crippen LogP contribution < -0.4 is 14.8 Å². The van der Waals surface area contributed by atoms with E-state index in [0.29, 0.717) is 17.9 Å². The summed E-state index contributed by atoms with van der Waals surface area (Å²) in [5.74, 6) is 0.133. The molecule has 0 saturated carbocycles. The quantitative estimate of drug-likeness (QED) is 0.621. The van der Waals surface area contributed by atoms with Gasteiger partial charge in [-0.3, -0.25) is 4.79 Å². The van der Waals surface area contributed by atoms with Crippen LogP contribution in [0, 0.1) is 0 Å². The Morgan fingerprint density at radius 1 is 1.19 bits per heavy atom. The van der Waals surface area contributed by atoms with Crippen LogP contribution in [0.25, 0.3) is 0 Å². The van der Waals surface area contributed by atoms with Gasteiger partial charge in [0.2, 0.25) is 10.0 Å². The van der Waals surface area contributed by atoms with Crippen LogP contribution in [0.3, 0.4) is 0 Å². The van der Waals surface area contributed by atoms with Crippen LogP contribution in [0.1, 0.15) is 20.3 Å². The standard InChI is InChI=1S/C19H24N2O4S2/c1-4-14(2)21-27(23,24)18-10-8-16(9-11-18)25-13-19(22)20-15-6-5-7-17(12-15)26-3/h5-12,14,21H,4,13H2,1-3H3,(H,20,22)/t14-/m1/s1. The van der Waals surface area contributed by atoms with Gasteiger partial charge < -0.3 is 10.1 Å². The lowest BCUT2D eigenvalue weighted by Gasteiger charge is -2.12. The highest BCUT2D eigenvalue weighted by Crippen LogP contribution is 2.19. The van der Waals surface area contributed by atoms with Crippen molar-refractivity contribution in [2.45, 2.75) is 36.1 Å². The predicted molar refractivity (Wildman–Crippen MR) is 109 cm³/mol. The molecule has 0 aliphatic rings. The Labute approximate surface area is 164 Å². The van der Waals surface area contributed by atoms with Crippen LogP contribution in [0.4, 0.5) is 5.69 Å². The number of nitrogens with one attached hydrogen (secondary N) is 2. The van der Waals surface area contributed by atoms with Crippen molar-refractivity contribution in [1.82, 2.24) is 4.72 Å². The summed E-state index contributed by atoms with van der Waals surface area (Å²) in [5, 5.41) is 2.77. The molecule has 2 aromatic carbocycles. The first-order chi connectivity index (χ1) is 12.8. The summed E-state index contributed by atoms with van der Waals surface area (Å²) < 4.78 is 32.5. The number of thioether (sulfide) groups is 1. The highest BCUT2D eigenvalue weighted by Gasteiger charge is 2.16. The van der Waals surface area contributed by atoms with Crippen molar-refractivity contribution in [3.8, 4) is 5.75 Å². The highest BCUT2D eigenvalue weighted by molar-refractivity contribution is 7.98. The Hall–Kier alpha value is -2.03. The largest absolute Gasteiger partial charge is 0.484 e. The molecule has 0 unspecified atom stereocenters. The molecule has 0 heterocycles. The average molecular weight is 409 g/mol. The van der Waals surface area contributed by atoms with E-state index in [1.165, 1.54) is 24.3 Å². The van der Waals surface area contributed by atoms with Gasteiger partial charge in [0, 0.05) is 16.6 Å². The van der Waals surface area contributed by atoms with Gasteiger partial charge in [-0.15, -0.1) is 11.8 Å². The second-order valence-electron chi connectivity index (χ2n) is 5.97. The van der Waals surface area contributed by atoms with E-state index in [2.05, 4.69) is 10.0 Å². The van der Waals surface area contributed by atoms with E-state index in [0.717, 1.165) is 4.90 Å². The molecule has 1 amide bonds. The fourth-order valence-electron chi connectivity index (χ4n) is 2.18. The van der Waals surface area contributed by atoms with Crippen molar-refractivity contribution < 1.29 is 17.9 Å². The number of hydrogen-bond acceptors (Lipinski definition) is 5. The molecule has 146 valence electrons. The summed E-state index contributed by atoms with van der Waals surface area (Å²) >= 11 is 1.59. The Bertz CT molecular complexity index is 868. The normalized spacial score (nSPS) is 12.4. The van der Waals surface area contributed by atoms with Gasteiger partial charge in [0.1, 0.15) is 5.75 Å². The Kier molecular flexibility index (Phi) is 7.70. The minimum Gasteiger partial charge on any atom is -0.484 e. The second kappa shape index (κ2) is 9.77. The van der Waals surface area contributed by atoms with Gasteiger partial charge >= 0.3 is 0 Å². The molecule has 1 atom stereocenters. The van der Waals surface area contributed by atoms with Crippen LogP contribution in [0.2, 0.25) is 0 Å². The van der Waals surface area contributed by atoms with Crippen molar-refractivity contribution in [3.63, 3.8) is 0 Å². The lowest BCUT2D eigenvalue weighted by atomic mass is 10.3. The number of carbonyl (C=O) groups is 1. The smallest absolute Gasteiger partial charge is 0.262 e. The number of carbonyl (C=O) groups excluding carboxylic acids is 1. The maximum absolute atomic E-state index is 12.2. The molecular formula is C19H24N2O4S2. The molecule has 0 aliphatic carbocycles. The lowest BCUT2D eigenvalue weighted by Crippen LogP contribution is -2.31. The van der Waals surface area contributed by atoms with Gasteiger partial charge in [-0.1, -0.05) is 13.0 Å². The molecule has 2 aromatic rings. The predicted octanol–water partition coefficient (Wildman–Crippen LogP) is 3.50. The number of rotatable bonds is 9. The maximum Gasteiger partial charge on any atom is 0.262 e. The minimum atomic E-state index is -3.55. The fourth-order valence-corrected chi connectivity index (χ4v) is 3.96. The van der Waals surface area contributed by atoms with Crippen LogP contribution in [0.15, 0.2) is 58.3 Å². The minimum absolute atomic E-state index is 0.140. The third kappa shape index (κ3) is 6.57. The third-order valence-corrected chi connectivity index (χ3v) is 6.16. The topological polar surface area (TPSA) is 84.5 Å². The molecule has 2 rings (SSSR count). The molecule has 0 fully saturated rings. The average Bonchev–Trinajstić information content (AvgIpc) is 2.66. The van der Waals surface area contributed by atoms with E-state index in [4.69, 9.17) is 4.74 Å². The van der Waals surface area contributed by atoms with Gasteiger partial charge in [-0.25, -0.2) is 13.1 Å². The van der Waals surface area contributed by atoms with Crippen LogP contribution in [-0.4, -0.2) is 33.2 Å². The van der Waals surface area contributed by atoms with Crippen LogP contribution in [-0.2, 0) is 14.8 Å². The first-order valence-corrected chi connectivity index (χ1v) is 11.2. The van der Waals surface area contributed by atoms with Gasteiger partial charge in [0.05, 0.1) is 4.90 Å². The molecule has 2 N–H and O–H groups in total. The van der Waals surface area contributed by atoms with E-state index >= 15 is 0 Å². The molecule has 0 radical (unpaired) electrons. The van der Waals surface area contributed by atoms with E-state index < -0.39 is 10.0 Å². The van der Waals surface area contributed by atoms with E-state index in [1.54, 1.807) is 11.8 Å². The Balaban J connectivity index is 1.91. The molecule has 6 nitrogen and oxygen atoms in total. The van der Waals surface area contributed by atoms with Crippen molar-refractivity contribution in [3.05, 3.63) is 48.5 Å². The van der Waals surface area contributed by atoms with Crippen molar-refractivity contribution in [2.24, 2.45) is 0 Å². The molecule has 0 bridgehead atoms. The fraction of sp³-hybridized carbons (Fsp3) is 0.316. The Morgan fingerprint density at radius 2 is 1.89 bits per heavy atom. The highest BCUT2D eigenvalue weighted by atomic mass is 32.2. The number of amides is 1. The third-order valence-electron chi connectivity index (χ3n) is 3.83. The summed E-state index contributed by atoms with van der Waals surface area (Å²) in [6.07, 6.45) is 2.67. The molecule has 0 aromatic heterocycles. The summed E-state index contributed by atoms with van der Waals surface area (Å²) in [6.45, 7) is 3.55. The van der Waals surface area contributed by atoms with E-state index in [1.807, 2.05) is 44.4 Å². The van der Waals surface area contributed by atoms with Crippen molar-refractivity contribution in [2.75, 3.05) is 18.2 Å². The van der Waals surface area contributed by atoms with Gasteiger partial charge in [-0.2, -0.15) is 0 Å². The van der Waals surface area contributed by atoms with Gasteiger partial charge in [0.15, 0.2) is 6.61 Å². The van der Waals surface area contributed by atoms with Crippen LogP contribution >= 0.6 is 11.8 Å². The number of sulfonamides is 1. The SMILES string of the molecule is CC[C@@H](C)NS(=O)(=O)c1ccc(OCC(=O)Nc2cccc(SC)c2)cc1. The zero-order chi connectivity index (χ0) is 19.9. The number of anilines is 1. The first-order valence-electron chi connectivity index (χ1n) is 8.53. The Morgan fingerprint density at radius 3 is 2.52 bits per heavy atom. The molecular weight excluding hydrogens is 384 g/mol. The lowest BCUT2D eigenvalue weighted by molar-refractivity contribution is -0.118. The maximum atomic E-state index is 12.2. The zero-order valence-electron chi connectivity index (χ0n) is 15.6. The van der Waals surface area contributed by atoms with Gasteiger partial charge in [0.25, 0.3) is 5.91 Å².